The zero-order valence-electron chi connectivity index (χ0n) is 20.8. The van der Waals surface area contributed by atoms with Crippen molar-refractivity contribution >= 4 is 17.5 Å². The highest BCUT2D eigenvalue weighted by Gasteiger charge is 2.29. The van der Waals surface area contributed by atoms with Crippen LogP contribution in [0.3, 0.4) is 0 Å². The first-order valence-corrected chi connectivity index (χ1v) is 11.6. The Morgan fingerprint density at radius 2 is 1.91 bits per heavy atom. The Balaban J connectivity index is 1.96. The van der Waals surface area contributed by atoms with E-state index in [0.29, 0.717) is 30.1 Å². The highest BCUT2D eigenvalue weighted by atomic mass is 19.1. The van der Waals surface area contributed by atoms with Gasteiger partial charge in [0.1, 0.15) is 24.0 Å². The summed E-state index contributed by atoms with van der Waals surface area (Å²) < 4.78 is 40.0. The smallest absolute Gasteiger partial charge is 0.257 e. The minimum atomic E-state index is -0.494. The molecule has 0 fully saturated rings. The van der Waals surface area contributed by atoms with Gasteiger partial charge in [-0.25, -0.2) is 8.78 Å². The Morgan fingerprint density at radius 1 is 1.17 bits per heavy atom. The maximum Gasteiger partial charge on any atom is 0.257 e. The van der Waals surface area contributed by atoms with E-state index in [4.69, 9.17) is 9.47 Å². The van der Waals surface area contributed by atoms with Crippen molar-refractivity contribution in [2.75, 3.05) is 39.2 Å². The lowest BCUT2D eigenvalue weighted by Crippen LogP contribution is -2.46. The first kappa shape index (κ1) is 26.6. The van der Waals surface area contributed by atoms with Gasteiger partial charge in [-0.05, 0) is 49.2 Å². The van der Waals surface area contributed by atoms with Crippen molar-refractivity contribution in [3.8, 4) is 5.75 Å². The van der Waals surface area contributed by atoms with Crippen LogP contribution in [0.15, 0.2) is 36.4 Å². The number of ether oxygens (including phenoxy) is 2. The van der Waals surface area contributed by atoms with Crippen LogP contribution in [0.25, 0.3) is 0 Å². The molecule has 190 valence electrons. The van der Waals surface area contributed by atoms with Gasteiger partial charge in [-0.2, -0.15) is 0 Å². The topological polar surface area (TPSA) is 71.1 Å². The quantitative estimate of drug-likeness (QED) is 0.705. The summed E-state index contributed by atoms with van der Waals surface area (Å²) in [6, 6.07) is 8.17. The Labute approximate surface area is 205 Å². The molecule has 0 aliphatic carbocycles. The first-order valence-electron chi connectivity index (χ1n) is 11.6. The van der Waals surface area contributed by atoms with E-state index in [1.807, 2.05) is 18.7 Å². The summed E-state index contributed by atoms with van der Waals surface area (Å²) in [6.45, 7) is 6.58. The number of hydrogen-bond donors (Lipinski definition) is 1. The number of rotatable bonds is 4. The molecule has 1 aliphatic heterocycles. The maximum absolute atomic E-state index is 14.4. The molecule has 7 nitrogen and oxygen atoms in total. The van der Waals surface area contributed by atoms with Crippen molar-refractivity contribution < 1.29 is 27.8 Å². The van der Waals surface area contributed by atoms with E-state index in [0.717, 1.165) is 12.1 Å². The fraction of sp³-hybridized carbons (Fsp3) is 0.462. The van der Waals surface area contributed by atoms with E-state index >= 15 is 0 Å². The van der Waals surface area contributed by atoms with Crippen LogP contribution in [-0.4, -0.2) is 67.6 Å². The molecule has 2 aromatic carbocycles. The summed E-state index contributed by atoms with van der Waals surface area (Å²) in [5.41, 5.74) is 1.07. The molecule has 0 saturated heterocycles. The van der Waals surface area contributed by atoms with Crippen LogP contribution in [0.1, 0.15) is 36.7 Å². The first-order chi connectivity index (χ1) is 16.6. The zero-order valence-corrected chi connectivity index (χ0v) is 20.8. The normalized spacial score (nSPS) is 22.0. The molecule has 0 spiro atoms. The summed E-state index contributed by atoms with van der Waals surface area (Å²) in [4.78, 5) is 28.4. The monoisotopic (exact) mass is 489 g/mol. The second kappa shape index (κ2) is 11.6. The third kappa shape index (κ3) is 6.76. The number of amides is 2. The fourth-order valence-electron chi connectivity index (χ4n) is 4.24. The van der Waals surface area contributed by atoms with Crippen LogP contribution in [0.5, 0.6) is 5.75 Å². The van der Waals surface area contributed by atoms with Gasteiger partial charge >= 0.3 is 0 Å². The third-order valence-corrected chi connectivity index (χ3v) is 6.28. The van der Waals surface area contributed by atoms with Gasteiger partial charge in [0.05, 0.1) is 11.7 Å². The number of anilines is 1. The Kier molecular flexibility index (Phi) is 8.80. The van der Waals surface area contributed by atoms with Gasteiger partial charge in [0.25, 0.3) is 5.91 Å². The van der Waals surface area contributed by atoms with E-state index in [9.17, 15) is 18.4 Å². The lowest BCUT2D eigenvalue weighted by atomic mass is 10.0. The molecule has 0 radical (unpaired) electrons. The number of nitrogens with one attached hydrogen (secondary N) is 1. The summed E-state index contributed by atoms with van der Waals surface area (Å²) in [6.07, 6.45) is -0.293. The SMILES string of the molecule is CO[C@@H]1CN(C)C(=O)c2cc(NC(C)=O)ccc2OC[C@@H](C)N(Cc2cc(F)ccc2F)C[C@@H]1C. The van der Waals surface area contributed by atoms with E-state index in [2.05, 4.69) is 5.32 Å². The largest absolute Gasteiger partial charge is 0.491 e. The number of benzene rings is 2. The predicted octanol–water partition coefficient (Wildman–Crippen LogP) is 3.93. The van der Waals surface area contributed by atoms with Crippen LogP contribution < -0.4 is 10.1 Å². The molecule has 3 atom stereocenters. The molecular formula is C26H33F2N3O4. The van der Waals surface area contributed by atoms with Crippen molar-refractivity contribution in [3.63, 3.8) is 0 Å². The molecule has 2 amide bonds. The van der Waals surface area contributed by atoms with Crippen molar-refractivity contribution in [2.24, 2.45) is 5.92 Å². The van der Waals surface area contributed by atoms with Gasteiger partial charge in [-0.15, -0.1) is 0 Å². The van der Waals surface area contributed by atoms with Gasteiger partial charge in [-0.1, -0.05) is 6.92 Å². The number of halogens is 2. The van der Waals surface area contributed by atoms with E-state index in [1.165, 1.54) is 13.0 Å². The predicted molar refractivity (Wildman–Crippen MR) is 129 cm³/mol. The van der Waals surface area contributed by atoms with Gasteiger partial charge in [-0.3, -0.25) is 14.5 Å². The van der Waals surface area contributed by atoms with E-state index in [1.54, 1.807) is 37.3 Å². The number of hydrogen-bond acceptors (Lipinski definition) is 5. The van der Waals surface area contributed by atoms with Crippen LogP contribution >= 0.6 is 0 Å². The average Bonchev–Trinajstić information content (AvgIpc) is 2.81. The molecule has 35 heavy (non-hydrogen) atoms. The van der Waals surface area contributed by atoms with E-state index < -0.39 is 11.6 Å². The summed E-state index contributed by atoms with van der Waals surface area (Å²) in [5.74, 6) is -1.12. The second-order valence-corrected chi connectivity index (χ2v) is 9.15. The van der Waals surface area contributed by atoms with Gasteiger partial charge < -0.3 is 19.7 Å². The van der Waals surface area contributed by atoms with Gasteiger partial charge in [0.2, 0.25) is 5.91 Å². The number of carbonyl (C=O) groups excluding carboxylic acids is 2. The molecule has 0 unspecified atom stereocenters. The zero-order chi connectivity index (χ0) is 25.7. The van der Waals surface area contributed by atoms with Gasteiger partial charge in [0.15, 0.2) is 0 Å². The highest BCUT2D eigenvalue weighted by Crippen LogP contribution is 2.27. The molecule has 3 rings (SSSR count). The Bertz CT molecular complexity index is 1060. The molecule has 0 aromatic heterocycles. The lowest BCUT2D eigenvalue weighted by Gasteiger charge is -2.36. The van der Waals surface area contributed by atoms with Crippen LogP contribution in [0.4, 0.5) is 14.5 Å². The second-order valence-electron chi connectivity index (χ2n) is 9.15. The molecule has 0 saturated carbocycles. The minimum absolute atomic E-state index is 0.0288. The standard InChI is InChI=1S/C26H33F2N3O4/c1-16-12-31(13-19-10-20(27)6-8-23(19)28)17(2)15-35-24-9-7-21(29-18(3)32)11-22(24)26(33)30(4)14-25(16)34-5/h6-11,16-17,25H,12-15H2,1-5H3,(H,29,32)/t16-,17+,25+/m0/s1. The molecule has 1 heterocycles. The van der Waals surface area contributed by atoms with Gasteiger partial charge in [0, 0.05) is 58.0 Å². The maximum atomic E-state index is 14.4. The molecule has 9 heteroatoms. The van der Waals surface area contributed by atoms with Crippen molar-refractivity contribution in [1.82, 2.24) is 9.80 Å². The van der Waals surface area contributed by atoms with Crippen LogP contribution in [-0.2, 0) is 16.1 Å². The average molecular weight is 490 g/mol. The molecule has 2 aromatic rings. The number of methoxy groups -OCH3 is 1. The van der Waals surface area contributed by atoms with Crippen molar-refractivity contribution in [1.29, 1.82) is 0 Å². The summed E-state index contributed by atoms with van der Waals surface area (Å²) in [5, 5.41) is 2.69. The van der Waals surface area contributed by atoms with Crippen LogP contribution in [0, 0.1) is 17.6 Å². The number of fused-ring (bicyclic) bond motifs is 1. The van der Waals surface area contributed by atoms with Crippen molar-refractivity contribution in [2.45, 2.75) is 39.5 Å². The third-order valence-electron chi connectivity index (χ3n) is 6.28. The lowest BCUT2D eigenvalue weighted by molar-refractivity contribution is -0.114. The van der Waals surface area contributed by atoms with Crippen LogP contribution in [0.2, 0.25) is 0 Å². The molecule has 1 aliphatic rings. The molecule has 0 bridgehead atoms. The van der Waals surface area contributed by atoms with E-state index in [-0.39, 0.29) is 48.6 Å². The summed E-state index contributed by atoms with van der Waals surface area (Å²) >= 11 is 0. The Hall–Kier alpha value is -3.04. The Morgan fingerprint density at radius 3 is 2.60 bits per heavy atom. The number of carbonyl (C=O) groups is 2. The van der Waals surface area contributed by atoms with Crippen molar-refractivity contribution in [3.05, 3.63) is 59.2 Å². The number of likely N-dealkylation sites (N-methyl/N-ethyl adjacent to an activating group) is 1. The summed E-state index contributed by atoms with van der Waals surface area (Å²) in [7, 11) is 3.28. The fourth-order valence-corrected chi connectivity index (χ4v) is 4.24. The number of nitrogens with zero attached hydrogens (tertiary/aromatic N) is 2. The highest BCUT2D eigenvalue weighted by molar-refractivity contribution is 5.99. The molecule has 1 N–H and O–H groups in total. The molecular weight excluding hydrogens is 456 g/mol. The minimum Gasteiger partial charge on any atom is -0.491 e.